The van der Waals surface area contributed by atoms with Gasteiger partial charge in [0.1, 0.15) is 0 Å². The summed E-state index contributed by atoms with van der Waals surface area (Å²) in [7, 11) is 4.10. The van der Waals surface area contributed by atoms with Gasteiger partial charge in [0.05, 0.1) is 6.61 Å². The van der Waals surface area contributed by atoms with Gasteiger partial charge in [-0.3, -0.25) is 0 Å². The number of nitrogens with one attached hydrogen (secondary N) is 1. The van der Waals surface area contributed by atoms with Crippen LogP contribution in [0.3, 0.4) is 0 Å². The standard InChI is InChI=1S/C16H26N2O/c1-18(2)15-8-6-14(7-9-15)12-17-16(13-19)10-4-3-5-11-16/h6-9,17,19H,3-5,10-13H2,1-2H3. The first-order valence-electron chi connectivity index (χ1n) is 7.27. The topological polar surface area (TPSA) is 35.5 Å². The molecule has 0 unspecified atom stereocenters. The lowest BCUT2D eigenvalue weighted by molar-refractivity contribution is 0.119. The van der Waals surface area contributed by atoms with E-state index < -0.39 is 0 Å². The summed E-state index contributed by atoms with van der Waals surface area (Å²) in [5.41, 5.74) is 2.46. The van der Waals surface area contributed by atoms with E-state index >= 15 is 0 Å². The Morgan fingerprint density at radius 1 is 1.11 bits per heavy atom. The molecule has 1 aromatic rings. The number of benzene rings is 1. The fourth-order valence-corrected chi connectivity index (χ4v) is 2.82. The van der Waals surface area contributed by atoms with Crippen LogP contribution < -0.4 is 10.2 Å². The number of hydrogen-bond donors (Lipinski definition) is 2. The van der Waals surface area contributed by atoms with E-state index in [4.69, 9.17) is 0 Å². The van der Waals surface area contributed by atoms with Gasteiger partial charge in [-0.1, -0.05) is 31.4 Å². The minimum Gasteiger partial charge on any atom is -0.394 e. The van der Waals surface area contributed by atoms with Crippen molar-refractivity contribution in [1.29, 1.82) is 0 Å². The Hall–Kier alpha value is -1.06. The minimum atomic E-state index is -0.0432. The zero-order chi connectivity index (χ0) is 13.7. The molecule has 1 aromatic carbocycles. The fraction of sp³-hybridized carbons (Fsp3) is 0.625. The molecule has 3 nitrogen and oxygen atoms in total. The first-order valence-corrected chi connectivity index (χ1v) is 7.27. The van der Waals surface area contributed by atoms with Crippen molar-refractivity contribution < 1.29 is 5.11 Å². The number of nitrogens with zero attached hydrogens (tertiary/aromatic N) is 1. The Kier molecular flexibility index (Phi) is 4.83. The molecule has 0 spiro atoms. The van der Waals surface area contributed by atoms with Gasteiger partial charge >= 0.3 is 0 Å². The molecule has 0 aromatic heterocycles. The maximum Gasteiger partial charge on any atom is 0.0613 e. The van der Waals surface area contributed by atoms with E-state index in [-0.39, 0.29) is 12.1 Å². The minimum absolute atomic E-state index is 0.0432. The van der Waals surface area contributed by atoms with Crippen LogP contribution in [0, 0.1) is 0 Å². The first kappa shape index (κ1) is 14.4. The van der Waals surface area contributed by atoms with Gasteiger partial charge in [-0.2, -0.15) is 0 Å². The predicted molar refractivity (Wildman–Crippen MR) is 80.5 cm³/mol. The monoisotopic (exact) mass is 262 g/mol. The molecule has 0 aliphatic heterocycles. The van der Waals surface area contributed by atoms with Crippen LogP contribution in [-0.4, -0.2) is 31.3 Å². The van der Waals surface area contributed by atoms with Gasteiger partial charge in [0.25, 0.3) is 0 Å². The van der Waals surface area contributed by atoms with Gasteiger partial charge in [-0.05, 0) is 30.5 Å². The molecule has 106 valence electrons. The van der Waals surface area contributed by atoms with Crippen molar-refractivity contribution in [2.45, 2.75) is 44.2 Å². The van der Waals surface area contributed by atoms with Crippen LogP contribution >= 0.6 is 0 Å². The number of aliphatic hydroxyl groups is 1. The van der Waals surface area contributed by atoms with Crippen LogP contribution in [0.4, 0.5) is 5.69 Å². The Morgan fingerprint density at radius 3 is 2.26 bits per heavy atom. The third kappa shape index (κ3) is 3.71. The molecule has 1 aliphatic rings. The first-order chi connectivity index (χ1) is 9.15. The molecule has 1 aliphatic carbocycles. The molecule has 19 heavy (non-hydrogen) atoms. The van der Waals surface area contributed by atoms with Crippen molar-refractivity contribution in [1.82, 2.24) is 5.32 Å². The lowest BCUT2D eigenvalue weighted by Crippen LogP contribution is -2.49. The zero-order valence-electron chi connectivity index (χ0n) is 12.2. The Bertz CT molecular complexity index is 380. The van der Waals surface area contributed by atoms with Crippen LogP contribution in [0.25, 0.3) is 0 Å². The van der Waals surface area contributed by atoms with E-state index in [1.807, 2.05) is 0 Å². The maximum atomic E-state index is 9.67. The van der Waals surface area contributed by atoms with E-state index in [0.717, 1.165) is 19.4 Å². The van der Waals surface area contributed by atoms with E-state index in [2.05, 4.69) is 48.6 Å². The van der Waals surface area contributed by atoms with Crippen molar-refractivity contribution in [3.63, 3.8) is 0 Å². The smallest absolute Gasteiger partial charge is 0.0613 e. The summed E-state index contributed by atoms with van der Waals surface area (Å²) < 4.78 is 0. The van der Waals surface area contributed by atoms with Crippen molar-refractivity contribution in [2.24, 2.45) is 0 Å². The molecule has 0 amide bonds. The second kappa shape index (κ2) is 6.40. The molecule has 0 bridgehead atoms. The quantitative estimate of drug-likeness (QED) is 0.856. The fourth-order valence-electron chi connectivity index (χ4n) is 2.82. The molecular weight excluding hydrogens is 236 g/mol. The van der Waals surface area contributed by atoms with Crippen molar-refractivity contribution in [3.05, 3.63) is 29.8 Å². The van der Waals surface area contributed by atoms with Gasteiger partial charge in [0.2, 0.25) is 0 Å². The van der Waals surface area contributed by atoms with Crippen LogP contribution in [0.5, 0.6) is 0 Å². The van der Waals surface area contributed by atoms with Gasteiger partial charge in [0, 0.05) is 31.9 Å². The highest BCUT2D eigenvalue weighted by Crippen LogP contribution is 2.28. The van der Waals surface area contributed by atoms with Crippen LogP contribution in [0.1, 0.15) is 37.7 Å². The summed E-state index contributed by atoms with van der Waals surface area (Å²) in [6, 6.07) is 8.61. The largest absolute Gasteiger partial charge is 0.394 e. The van der Waals surface area contributed by atoms with Crippen molar-refractivity contribution in [3.8, 4) is 0 Å². The Balaban J connectivity index is 1.93. The number of aliphatic hydroxyl groups excluding tert-OH is 1. The molecule has 0 atom stereocenters. The molecule has 1 fully saturated rings. The van der Waals surface area contributed by atoms with E-state index in [0.29, 0.717) is 0 Å². The van der Waals surface area contributed by atoms with E-state index in [1.165, 1.54) is 30.5 Å². The summed E-state index contributed by atoms with van der Waals surface area (Å²) in [6.45, 7) is 1.09. The molecule has 2 N–H and O–H groups in total. The van der Waals surface area contributed by atoms with Crippen LogP contribution in [0.15, 0.2) is 24.3 Å². The number of anilines is 1. The highest BCUT2D eigenvalue weighted by atomic mass is 16.3. The molecule has 3 heteroatoms. The molecule has 0 saturated heterocycles. The molecular formula is C16H26N2O. The van der Waals surface area contributed by atoms with E-state index in [9.17, 15) is 5.11 Å². The summed E-state index contributed by atoms with van der Waals surface area (Å²) in [5, 5.41) is 13.3. The Labute approximate surface area is 116 Å². The SMILES string of the molecule is CN(C)c1ccc(CNC2(CO)CCCCC2)cc1. The molecule has 1 saturated carbocycles. The Morgan fingerprint density at radius 2 is 1.74 bits per heavy atom. The number of hydrogen-bond acceptors (Lipinski definition) is 3. The third-order valence-corrected chi connectivity index (χ3v) is 4.23. The van der Waals surface area contributed by atoms with Gasteiger partial charge in [0.15, 0.2) is 0 Å². The second-order valence-electron chi connectivity index (χ2n) is 5.91. The summed E-state index contributed by atoms with van der Waals surface area (Å²) in [5.74, 6) is 0. The van der Waals surface area contributed by atoms with Crippen molar-refractivity contribution in [2.75, 3.05) is 25.6 Å². The van der Waals surface area contributed by atoms with Gasteiger partial charge < -0.3 is 15.3 Å². The highest BCUT2D eigenvalue weighted by molar-refractivity contribution is 5.45. The third-order valence-electron chi connectivity index (χ3n) is 4.23. The average molecular weight is 262 g/mol. The predicted octanol–water partition coefficient (Wildman–Crippen LogP) is 2.54. The van der Waals surface area contributed by atoms with Gasteiger partial charge in [-0.15, -0.1) is 0 Å². The molecule has 0 radical (unpaired) electrons. The highest BCUT2D eigenvalue weighted by Gasteiger charge is 2.30. The zero-order valence-corrected chi connectivity index (χ0v) is 12.2. The van der Waals surface area contributed by atoms with Crippen LogP contribution in [0.2, 0.25) is 0 Å². The van der Waals surface area contributed by atoms with E-state index in [1.54, 1.807) is 0 Å². The van der Waals surface area contributed by atoms with Gasteiger partial charge in [-0.25, -0.2) is 0 Å². The lowest BCUT2D eigenvalue weighted by Gasteiger charge is -2.36. The summed E-state index contributed by atoms with van der Waals surface area (Å²) in [6.07, 6.45) is 5.96. The normalized spacial score (nSPS) is 18.3. The average Bonchev–Trinajstić information content (AvgIpc) is 2.46. The summed E-state index contributed by atoms with van der Waals surface area (Å²) >= 11 is 0. The second-order valence-corrected chi connectivity index (χ2v) is 5.91. The number of rotatable bonds is 5. The van der Waals surface area contributed by atoms with Crippen LogP contribution in [-0.2, 0) is 6.54 Å². The lowest BCUT2D eigenvalue weighted by atomic mass is 9.82. The van der Waals surface area contributed by atoms with Crippen molar-refractivity contribution >= 4 is 5.69 Å². The molecule has 2 rings (SSSR count). The summed E-state index contributed by atoms with van der Waals surface area (Å²) in [4.78, 5) is 2.10. The maximum absolute atomic E-state index is 9.67. The molecule has 0 heterocycles.